The van der Waals surface area contributed by atoms with Crippen molar-refractivity contribution in [3.8, 4) is 0 Å². The SMILES string of the molecule is Cc1ccc(C(=O)CCC(=O)OCC(=O)NC(=O)NC(C)(C)C)cc1. The number of carbonyl (C=O) groups excluding carboxylic acids is 4. The fraction of sp³-hybridized carbons (Fsp3) is 0.444. The van der Waals surface area contributed by atoms with Gasteiger partial charge in [-0.1, -0.05) is 29.8 Å². The van der Waals surface area contributed by atoms with E-state index >= 15 is 0 Å². The number of esters is 1. The Morgan fingerprint density at radius 1 is 1.00 bits per heavy atom. The number of rotatable bonds is 6. The minimum absolute atomic E-state index is 0.00593. The Morgan fingerprint density at radius 2 is 1.60 bits per heavy atom. The van der Waals surface area contributed by atoms with Crippen molar-refractivity contribution in [3.05, 3.63) is 35.4 Å². The van der Waals surface area contributed by atoms with Gasteiger partial charge in [0.1, 0.15) is 0 Å². The Labute approximate surface area is 147 Å². The van der Waals surface area contributed by atoms with E-state index in [1.807, 2.05) is 19.1 Å². The number of imide groups is 1. The lowest BCUT2D eigenvalue weighted by atomic mass is 10.1. The van der Waals surface area contributed by atoms with Crippen LogP contribution in [0.3, 0.4) is 0 Å². The molecule has 0 radical (unpaired) electrons. The largest absolute Gasteiger partial charge is 0.456 e. The lowest BCUT2D eigenvalue weighted by Crippen LogP contribution is -2.49. The molecule has 0 atom stereocenters. The smallest absolute Gasteiger partial charge is 0.321 e. The molecule has 136 valence electrons. The molecule has 0 aliphatic rings. The molecule has 0 aliphatic heterocycles. The van der Waals surface area contributed by atoms with E-state index in [4.69, 9.17) is 4.74 Å². The minimum atomic E-state index is -0.736. The monoisotopic (exact) mass is 348 g/mol. The third-order valence-electron chi connectivity index (χ3n) is 3.04. The van der Waals surface area contributed by atoms with E-state index in [0.29, 0.717) is 5.56 Å². The molecule has 0 saturated heterocycles. The topological polar surface area (TPSA) is 102 Å². The van der Waals surface area contributed by atoms with Crippen molar-refractivity contribution in [1.29, 1.82) is 0 Å². The first kappa shape index (κ1) is 20.3. The van der Waals surface area contributed by atoms with Gasteiger partial charge >= 0.3 is 12.0 Å². The number of carbonyl (C=O) groups is 4. The van der Waals surface area contributed by atoms with Crippen molar-refractivity contribution in [2.24, 2.45) is 0 Å². The van der Waals surface area contributed by atoms with Gasteiger partial charge in [0.15, 0.2) is 12.4 Å². The summed E-state index contributed by atoms with van der Waals surface area (Å²) in [6.07, 6.45) is -0.137. The first-order valence-corrected chi connectivity index (χ1v) is 7.94. The van der Waals surface area contributed by atoms with Crippen LogP contribution in [0, 0.1) is 6.92 Å². The van der Waals surface area contributed by atoms with Crippen LogP contribution in [-0.4, -0.2) is 35.8 Å². The van der Waals surface area contributed by atoms with Crippen molar-refractivity contribution in [3.63, 3.8) is 0 Å². The van der Waals surface area contributed by atoms with Gasteiger partial charge in [-0.3, -0.25) is 19.7 Å². The molecule has 0 fully saturated rings. The Kier molecular flexibility index (Phi) is 7.29. The van der Waals surface area contributed by atoms with Gasteiger partial charge in [-0.2, -0.15) is 0 Å². The van der Waals surface area contributed by atoms with Crippen LogP contribution in [0.4, 0.5) is 4.79 Å². The number of benzene rings is 1. The molecule has 0 heterocycles. The Bertz CT molecular complexity index is 644. The molecule has 0 aliphatic carbocycles. The molecule has 0 aromatic heterocycles. The third-order valence-corrected chi connectivity index (χ3v) is 3.04. The van der Waals surface area contributed by atoms with E-state index < -0.39 is 30.1 Å². The number of hydrogen-bond acceptors (Lipinski definition) is 5. The van der Waals surface area contributed by atoms with E-state index in [1.165, 1.54) is 0 Å². The van der Waals surface area contributed by atoms with Crippen molar-refractivity contribution in [1.82, 2.24) is 10.6 Å². The van der Waals surface area contributed by atoms with Gasteiger partial charge in [-0.05, 0) is 27.7 Å². The maximum atomic E-state index is 11.9. The average Bonchev–Trinajstić information content (AvgIpc) is 2.49. The quantitative estimate of drug-likeness (QED) is 0.606. The highest BCUT2D eigenvalue weighted by Gasteiger charge is 2.17. The van der Waals surface area contributed by atoms with Crippen LogP contribution >= 0.6 is 0 Å². The molecule has 0 bridgehead atoms. The van der Waals surface area contributed by atoms with E-state index in [9.17, 15) is 19.2 Å². The van der Waals surface area contributed by atoms with Gasteiger partial charge < -0.3 is 10.1 Å². The second-order valence-corrected chi connectivity index (χ2v) is 6.70. The van der Waals surface area contributed by atoms with Gasteiger partial charge in [-0.15, -0.1) is 0 Å². The van der Waals surface area contributed by atoms with Gasteiger partial charge in [0.2, 0.25) is 0 Å². The summed E-state index contributed by atoms with van der Waals surface area (Å²) in [5.41, 5.74) is 1.07. The zero-order chi connectivity index (χ0) is 19.0. The van der Waals surface area contributed by atoms with Gasteiger partial charge in [0.05, 0.1) is 6.42 Å². The molecule has 1 aromatic carbocycles. The lowest BCUT2D eigenvalue weighted by Gasteiger charge is -2.20. The molecule has 1 aromatic rings. The van der Waals surface area contributed by atoms with Gasteiger partial charge in [-0.25, -0.2) is 4.79 Å². The highest BCUT2D eigenvalue weighted by atomic mass is 16.5. The number of aryl methyl sites for hydroxylation is 1. The minimum Gasteiger partial charge on any atom is -0.456 e. The number of urea groups is 1. The van der Waals surface area contributed by atoms with Crippen LogP contribution in [0.25, 0.3) is 0 Å². The fourth-order valence-electron chi connectivity index (χ4n) is 1.85. The average molecular weight is 348 g/mol. The van der Waals surface area contributed by atoms with E-state index in [2.05, 4.69) is 10.6 Å². The molecular formula is C18H24N2O5. The summed E-state index contributed by atoms with van der Waals surface area (Å²) >= 11 is 0. The number of Topliss-reactive ketones (excluding diaryl/α,β-unsaturated/α-hetero) is 1. The number of nitrogens with one attached hydrogen (secondary N) is 2. The zero-order valence-electron chi connectivity index (χ0n) is 15.0. The van der Waals surface area contributed by atoms with Gasteiger partial charge in [0, 0.05) is 17.5 Å². The Morgan fingerprint density at radius 3 is 2.16 bits per heavy atom. The van der Waals surface area contributed by atoms with Crippen molar-refractivity contribution in [2.75, 3.05) is 6.61 Å². The van der Waals surface area contributed by atoms with Crippen LogP contribution in [0.1, 0.15) is 49.5 Å². The second kappa shape index (κ2) is 8.96. The van der Waals surface area contributed by atoms with Crippen LogP contribution < -0.4 is 10.6 Å². The van der Waals surface area contributed by atoms with E-state index in [-0.39, 0.29) is 18.6 Å². The normalized spacial score (nSPS) is 10.7. The summed E-state index contributed by atoms with van der Waals surface area (Å²) < 4.78 is 4.76. The summed E-state index contributed by atoms with van der Waals surface area (Å²) in [5.74, 6) is -1.59. The van der Waals surface area contributed by atoms with Crippen LogP contribution in [0.15, 0.2) is 24.3 Å². The molecule has 0 saturated carbocycles. The standard InChI is InChI=1S/C18H24N2O5/c1-12-5-7-13(8-6-12)14(21)9-10-16(23)25-11-15(22)19-17(24)20-18(2,3)4/h5-8H,9-11H2,1-4H3,(H2,19,20,22,24). The fourth-order valence-corrected chi connectivity index (χ4v) is 1.85. The predicted octanol–water partition coefficient (Wildman–Crippen LogP) is 2.13. The summed E-state index contributed by atoms with van der Waals surface area (Å²) in [4.78, 5) is 46.5. The molecule has 3 amide bonds. The summed E-state index contributed by atoms with van der Waals surface area (Å²) in [7, 11) is 0. The van der Waals surface area contributed by atoms with E-state index in [1.54, 1.807) is 32.9 Å². The Balaban J connectivity index is 2.30. The second-order valence-electron chi connectivity index (χ2n) is 6.70. The highest BCUT2D eigenvalue weighted by Crippen LogP contribution is 2.08. The number of hydrogen-bond donors (Lipinski definition) is 2. The van der Waals surface area contributed by atoms with Gasteiger partial charge in [0.25, 0.3) is 5.91 Å². The summed E-state index contributed by atoms with van der Waals surface area (Å²) in [5, 5.41) is 4.60. The maximum Gasteiger partial charge on any atom is 0.321 e. The van der Waals surface area contributed by atoms with Crippen LogP contribution in [0.2, 0.25) is 0 Å². The molecular weight excluding hydrogens is 324 g/mol. The molecule has 7 heteroatoms. The molecule has 2 N–H and O–H groups in total. The molecule has 25 heavy (non-hydrogen) atoms. The molecule has 7 nitrogen and oxygen atoms in total. The van der Waals surface area contributed by atoms with Crippen molar-refractivity contribution < 1.29 is 23.9 Å². The maximum absolute atomic E-state index is 11.9. The van der Waals surface area contributed by atoms with Crippen LogP contribution in [0.5, 0.6) is 0 Å². The predicted molar refractivity (Wildman–Crippen MR) is 92.1 cm³/mol. The highest BCUT2D eigenvalue weighted by molar-refractivity contribution is 5.98. The van der Waals surface area contributed by atoms with Crippen molar-refractivity contribution in [2.45, 2.75) is 46.1 Å². The van der Waals surface area contributed by atoms with Crippen molar-refractivity contribution >= 4 is 23.7 Å². The number of ketones is 1. The summed E-state index contributed by atoms with van der Waals surface area (Å²) in [6, 6.07) is 6.37. The number of amides is 3. The first-order chi connectivity index (χ1) is 11.6. The lowest BCUT2D eigenvalue weighted by molar-refractivity contribution is -0.148. The zero-order valence-corrected chi connectivity index (χ0v) is 15.0. The Hall–Kier alpha value is -2.70. The van der Waals surface area contributed by atoms with E-state index in [0.717, 1.165) is 5.56 Å². The summed E-state index contributed by atoms with van der Waals surface area (Å²) in [6.45, 7) is 6.64. The van der Waals surface area contributed by atoms with Crippen LogP contribution in [-0.2, 0) is 14.3 Å². The first-order valence-electron chi connectivity index (χ1n) is 7.94. The molecule has 0 spiro atoms. The molecule has 0 unspecified atom stereocenters. The molecule has 1 rings (SSSR count). The third kappa shape index (κ3) is 8.64. The number of ether oxygens (including phenoxy) is 1.